The van der Waals surface area contributed by atoms with Gasteiger partial charge in [0.2, 0.25) is 0 Å². The third kappa shape index (κ3) is 5.57. The van der Waals surface area contributed by atoms with Crippen LogP contribution in [-0.2, 0) is 4.79 Å². The number of benzene rings is 3. The summed E-state index contributed by atoms with van der Waals surface area (Å²) in [6.07, 6.45) is 7.51. The number of fused-ring (bicyclic) bond motifs is 1. The van der Waals surface area contributed by atoms with Crippen LogP contribution in [0.1, 0.15) is 43.7 Å². The fourth-order valence-corrected chi connectivity index (χ4v) is 5.46. The number of carbonyl (C=O) groups is 1. The first-order valence-corrected chi connectivity index (χ1v) is 13.2. The number of halogens is 1. The molecule has 0 aliphatic heterocycles. The zero-order valence-corrected chi connectivity index (χ0v) is 20.8. The molecule has 8 heteroatoms. The van der Waals surface area contributed by atoms with E-state index in [0.29, 0.717) is 11.1 Å². The normalized spacial score (nSPS) is 14.5. The zero-order chi connectivity index (χ0) is 24.0. The Kier molecular flexibility index (Phi) is 7.45. The van der Waals surface area contributed by atoms with Gasteiger partial charge < -0.3 is 0 Å². The van der Waals surface area contributed by atoms with Gasteiger partial charge in [0.15, 0.2) is 11.0 Å². The number of aromatic nitrogens is 3. The van der Waals surface area contributed by atoms with Crippen molar-refractivity contribution in [3.8, 4) is 11.4 Å². The largest absolute Gasteiger partial charge is 0.299 e. The highest BCUT2D eigenvalue weighted by Gasteiger charge is 2.24. The van der Waals surface area contributed by atoms with Gasteiger partial charge in [0, 0.05) is 22.2 Å². The second-order valence-electron chi connectivity index (χ2n) is 8.63. The Balaban J connectivity index is 1.28. The molecule has 0 unspecified atom stereocenters. The van der Waals surface area contributed by atoms with Gasteiger partial charge in [-0.05, 0) is 47.9 Å². The third-order valence-electron chi connectivity index (χ3n) is 6.26. The summed E-state index contributed by atoms with van der Waals surface area (Å²) in [4.78, 5) is 12.6. The van der Waals surface area contributed by atoms with E-state index >= 15 is 0 Å². The van der Waals surface area contributed by atoms with Gasteiger partial charge in [0.05, 0.1) is 12.0 Å². The lowest BCUT2D eigenvalue weighted by molar-refractivity contribution is -0.118. The maximum Gasteiger partial charge on any atom is 0.250 e. The van der Waals surface area contributed by atoms with Gasteiger partial charge in [-0.1, -0.05) is 85.1 Å². The molecule has 4 aromatic rings. The van der Waals surface area contributed by atoms with Crippen LogP contribution in [-0.4, -0.2) is 32.6 Å². The van der Waals surface area contributed by atoms with Crippen molar-refractivity contribution in [1.82, 2.24) is 20.2 Å². The van der Waals surface area contributed by atoms with Crippen molar-refractivity contribution < 1.29 is 4.79 Å². The van der Waals surface area contributed by atoms with E-state index in [9.17, 15) is 4.79 Å². The summed E-state index contributed by atoms with van der Waals surface area (Å²) in [7, 11) is 0. The zero-order valence-electron chi connectivity index (χ0n) is 19.2. The van der Waals surface area contributed by atoms with Crippen LogP contribution in [0, 0.1) is 0 Å². The van der Waals surface area contributed by atoms with Crippen molar-refractivity contribution in [2.75, 3.05) is 5.75 Å². The van der Waals surface area contributed by atoms with Gasteiger partial charge in [-0.15, -0.1) is 10.2 Å². The second-order valence-corrected chi connectivity index (χ2v) is 10.0. The summed E-state index contributed by atoms with van der Waals surface area (Å²) in [5.74, 6) is 0.849. The van der Waals surface area contributed by atoms with E-state index in [1.54, 1.807) is 6.21 Å². The Morgan fingerprint density at radius 1 is 1.03 bits per heavy atom. The minimum absolute atomic E-state index is 0.183. The molecule has 35 heavy (non-hydrogen) atoms. The number of nitrogens with zero attached hydrogens (tertiary/aromatic N) is 4. The van der Waals surface area contributed by atoms with E-state index in [2.05, 4.69) is 37.4 Å². The summed E-state index contributed by atoms with van der Waals surface area (Å²) >= 11 is 7.48. The van der Waals surface area contributed by atoms with Gasteiger partial charge >= 0.3 is 0 Å². The van der Waals surface area contributed by atoms with Crippen LogP contribution < -0.4 is 5.43 Å². The average Bonchev–Trinajstić information content (AvgIpc) is 3.32. The fraction of sp³-hybridized carbons (Fsp3) is 0.259. The minimum atomic E-state index is -0.183. The van der Waals surface area contributed by atoms with E-state index in [1.165, 1.54) is 31.0 Å². The summed E-state index contributed by atoms with van der Waals surface area (Å²) in [5, 5.41) is 16.8. The number of hydrazone groups is 1. The first-order valence-electron chi connectivity index (χ1n) is 11.8. The van der Waals surface area contributed by atoms with Gasteiger partial charge in [0.25, 0.3) is 5.91 Å². The van der Waals surface area contributed by atoms with Gasteiger partial charge in [-0.2, -0.15) is 5.10 Å². The Hall–Kier alpha value is -3.16. The first-order chi connectivity index (χ1) is 17.2. The quantitative estimate of drug-likeness (QED) is 0.177. The number of amides is 1. The van der Waals surface area contributed by atoms with Crippen molar-refractivity contribution in [2.24, 2.45) is 5.10 Å². The van der Waals surface area contributed by atoms with Gasteiger partial charge in [0.1, 0.15) is 0 Å². The van der Waals surface area contributed by atoms with E-state index in [-0.39, 0.29) is 11.7 Å². The number of nitrogens with one attached hydrogen (secondary N) is 1. The van der Waals surface area contributed by atoms with Gasteiger partial charge in [-0.25, -0.2) is 5.43 Å². The molecule has 6 nitrogen and oxygen atoms in total. The predicted octanol–water partition coefficient (Wildman–Crippen LogP) is 6.50. The highest BCUT2D eigenvalue weighted by Crippen LogP contribution is 2.35. The molecule has 0 atom stereocenters. The summed E-state index contributed by atoms with van der Waals surface area (Å²) in [6, 6.07) is 22.1. The molecule has 1 fully saturated rings. The lowest BCUT2D eigenvalue weighted by Gasteiger charge is -2.25. The number of carbonyl (C=O) groups excluding carboxylic acids is 1. The molecule has 0 spiro atoms. The summed E-state index contributed by atoms with van der Waals surface area (Å²) < 4.78 is 2.21. The van der Waals surface area contributed by atoms with Crippen LogP contribution in [0.25, 0.3) is 22.2 Å². The van der Waals surface area contributed by atoms with E-state index in [4.69, 9.17) is 11.6 Å². The van der Waals surface area contributed by atoms with Crippen molar-refractivity contribution >= 4 is 46.3 Å². The van der Waals surface area contributed by atoms with Crippen LogP contribution in [0.4, 0.5) is 0 Å². The highest BCUT2D eigenvalue weighted by molar-refractivity contribution is 7.99. The summed E-state index contributed by atoms with van der Waals surface area (Å²) in [5.41, 5.74) is 4.58. The lowest BCUT2D eigenvalue weighted by Crippen LogP contribution is -2.20. The monoisotopic (exact) mass is 503 g/mol. The Morgan fingerprint density at radius 3 is 2.63 bits per heavy atom. The molecule has 0 bridgehead atoms. The molecule has 178 valence electrons. The van der Waals surface area contributed by atoms with E-state index < -0.39 is 0 Å². The molecule has 1 N–H and O–H groups in total. The maximum absolute atomic E-state index is 12.6. The van der Waals surface area contributed by atoms with Crippen LogP contribution in [0.15, 0.2) is 77.0 Å². The smallest absolute Gasteiger partial charge is 0.250 e. The Bertz CT molecular complexity index is 1340. The fourth-order valence-electron chi connectivity index (χ4n) is 4.54. The average molecular weight is 504 g/mol. The Morgan fingerprint density at radius 2 is 1.80 bits per heavy atom. The molecule has 3 aromatic carbocycles. The molecule has 1 aromatic heterocycles. The van der Waals surface area contributed by atoms with Crippen molar-refractivity contribution in [1.29, 1.82) is 0 Å². The molecule has 5 rings (SSSR count). The van der Waals surface area contributed by atoms with Crippen molar-refractivity contribution in [3.05, 3.63) is 77.3 Å². The molecule has 1 aliphatic carbocycles. The minimum Gasteiger partial charge on any atom is -0.299 e. The first kappa shape index (κ1) is 23.6. The standard InChI is InChI=1S/C27H26ClN5OS/c28-22-15-13-20(14-16-22)26-31-32-27(33(26)23-10-2-1-3-11-23)35-18-25(34)30-29-17-21-9-6-8-19-7-4-5-12-24(19)21/h4-9,12-17,23H,1-3,10-11,18H2,(H,30,34). The third-order valence-corrected chi connectivity index (χ3v) is 7.45. The number of hydrogen-bond acceptors (Lipinski definition) is 5. The molecule has 1 aliphatic rings. The molecule has 1 amide bonds. The SMILES string of the molecule is O=C(CSc1nnc(-c2ccc(Cl)cc2)n1C1CCCCC1)NN=Cc1cccc2ccccc12. The second kappa shape index (κ2) is 11.1. The van der Waals surface area contributed by atoms with Gasteiger partial charge in [-0.3, -0.25) is 9.36 Å². The molecule has 1 saturated carbocycles. The molecule has 0 saturated heterocycles. The molecular weight excluding hydrogens is 478 g/mol. The van der Waals surface area contributed by atoms with Crippen LogP contribution in [0.5, 0.6) is 0 Å². The molecule has 1 heterocycles. The Labute approximate surface area is 213 Å². The van der Waals surface area contributed by atoms with Crippen LogP contribution in [0.3, 0.4) is 0 Å². The number of rotatable bonds is 7. The molecular formula is C27H26ClN5OS. The summed E-state index contributed by atoms with van der Waals surface area (Å²) in [6.45, 7) is 0. The van der Waals surface area contributed by atoms with E-state index in [1.807, 2.05) is 54.6 Å². The van der Waals surface area contributed by atoms with E-state index in [0.717, 1.165) is 45.7 Å². The van der Waals surface area contributed by atoms with Crippen molar-refractivity contribution in [2.45, 2.75) is 43.3 Å². The number of hydrogen-bond donors (Lipinski definition) is 1. The van der Waals surface area contributed by atoms with Crippen LogP contribution in [0.2, 0.25) is 5.02 Å². The maximum atomic E-state index is 12.6. The predicted molar refractivity (Wildman–Crippen MR) is 143 cm³/mol. The lowest BCUT2D eigenvalue weighted by atomic mass is 9.95. The highest BCUT2D eigenvalue weighted by atomic mass is 35.5. The van der Waals surface area contributed by atoms with Crippen LogP contribution >= 0.6 is 23.4 Å². The molecule has 0 radical (unpaired) electrons. The topological polar surface area (TPSA) is 72.2 Å². The van der Waals surface area contributed by atoms with Crippen molar-refractivity contribution in [3.63, 3.8) is 0 Å². The number of thioether (sulfide) groups is 1.